The van der Waals surface area contributed by atoms with Crippen molar-refractivity contribution in [3.63, 3.8) is 0 Å². The van der Waals surface area contributed by atoms with Crippen LogP contribution in [0, 0.1) is 5.92 Å². The fourth-order valence-corrected chi connectivity index (χ4v) is 2.27. The molecule has 1 atom stereocenters. The number of halogens is 3. The summed E-state index contributed by atoms with van der Waals surface area (Å²) in [7, 11) is 0. The summed E-state index contributed by atoms with van der Waals surface area (Å²) in [5.41, 5.74) is 0.993. The third-order valence-corrected chi connectivity index (χ3v) is 3.63. The summed E-state index contributed by atoms with van der Waals surface area (Å²) < 4.78 is -0.769. The van der Waals surface area contributed by atoms with Gasteiger partial charge in [-0.2, -0.15) is 0 Å². The summed E-state index contributed by atoms with van der Waals surface area (Å²) in [6, 6.07) is 9.52. The van der Waals surface area contributed by atoms with Crippen molar-refractivity contribution in [2.45, 2.75) is 8.56 Å². The summed E-state index contributed by atoms with van der Waals surface area (Å²) in [6.07, 6.45) is 0.456. The van der Waals surface area contributed by atoms with Gasteiger partial charge in [-0.05, 0) is 12.0 Å². The summed E-state index contributed by atoms with van der Waals surface area (Å²) in [4.78, 5) is 11.1. The molecule has 0 bridgehead atoms. The molecule has 0 saturated carbocycles. The molecule has 1 aromatic carbocycles. The molecule has 1 rings (SSSR count). The van der Waals surface area contributed by atoms with Gasteiger partial charge in [-0.1, -0.05) is 78.1 Å². The third kappa shape index (κ3) is 4.25. The van der Waals surface area contributed by atoms with Crippen LogP contribution in [0.3, 0.4) is 0 Å². The number of hydrogen-bond donors (Lipinski definition) is 1. The molecule has 1 aromatic rings. The molecule has 0 aliphatic heterocycles. The Hall–Kier alpha value is 0.130. The minimum absolute atomic E-state index is 0.456. The van der Waals surface area contributed by atoms with Crippen molar-refractivity contribution in [2.24, 2.45) is 5.92 Å². The van der Waals surface area contributed by atoms with E-state index in [9.17, 15) is 4.79 Å². The molecule has 5 heteroatoms. The molecule has 0 aliphatic carbocycles. The normalized spacial score (nSPS) is 13.5. The van der Waals surface area contributed by atoms with Crippen molar-refractivity contribution >= 4 is 53.8 Å². The highest BCUT2D eigenvalue weighted by Crippen LogP contribution is 2.42. The van der Waals surface area contributed by atoms with E-state index >= 15 is 0 Å². The summed E-state index contributed by atoms with van der Waals surface area (Å²) >= 11 is 9.77. The van der Waals surface area contributed by atoms with Crippen molar-refractivity contribution in [3.8, 4) is 0 Å². The molecule has 82 valence electrons. The second kappa shape index (κ2) is 5.46. The first-order valence-electron chi connectivity index (χ1n) is 4.24. The largest absolute Gasteiger partial charge is 0.481 e. The van der Waals surface area contributed by atoms with Gasteiger partial charge in [0, 0.05) is 0 Å². The Morgan fingerprint density at radius 3 is 2.20 bits per heavy atom. The maximum Gasteiger partial charge on any atom is 0.310 e. The van der Waals surface area contributed by atoms with Gasteiger partial charge >= 0.3 is 5.97 Å². The van der Waals surface area contributed by atoms with E-state index in [1.165, 1.54) is 0 Å². The van der Waals surface area contributed by atoms with Crippen LogP contribution in [0.4, 0.5) is 0 Å². The van der Waals surface area contributed by atoms with Crippen LogP contribution < -0.4 is 0 Å². The van der Waals surface area contributed by atoms with E-state index in [1.54, 1.807) is 0 Å². The van der Waals surface area contributed by atoms with Crippen molar-refractivity contribution < 1.29 is 9.90 Å². The number of alkyl halides is 3. The number of carboxylic acid groups (broad SMARTS) is 1. The Morgan fingerprint density at radius 1 is 1.27 bits per heavy atom. The standard InChI is InChI=1S/C10H9Br3O2/c11-10(12,13)8(9(14)15)6-7-4-2-1-3-5-7/h1-5,8H,6H2,(H,14,15). The van der Waals surface area contributed by atoms with Crippen LogP contribution in [0.2, 0.25) is 0 Å². The zero-order chi connectivity index (χ0) is 11.5. The topological polar surface area (TPSA) is 37.3 Å². The Kier molecular flexibility index (Phi) is 4.80. The summed E-state index contributed by atoms with van der Waals surface area (Å²) in [6.45, 7) is 0. The molecule has 0 aromatic heterocycles. The van der Waals surface area contributed by atoms with Gasteiger partial charge in [0.2, 0.25) is 0 Å². The zero-order valence-electron chi connectivity index (χ0n) is 7.66. The summed E-state index contributed by atoms with van der Waals surface area (Å²) in [5, 5.41) is 9.08. The SMILES string of the molecule is O=C(O)C(Cc1ccccc1)C(Br)(Br)Br. The van der Waals surface area contributed by atoms with Crippen LogP contribution in [0.5, 0.6) is 0 Å². The van der Waals surface area contributed by atoms with E-state index in [1.807, 2.05) is 30.3 Å². The maximum absolute atomic E-state index is 11.1. The number of hydrogen-bond acceptors (Lipinski definition) is 1. The highest BCUT2D eigenvalue weighted by atomic mass is 80.0. The molecule has 0 heterocycles. The van der Waals surface area contributed by atoms with Gasteiger partial charge in [-0.15, -0.1) is 0 Å². The Labute approximate surface area is 113 Å². The monoisotopic (exact) mass is 398 g/mol. The van der Waals surface area contributed by atoms with E-state index in [4.69, 9.17) is 5.11 Å². The molecule has 0 radical (unpaired) electrons. The van der Waals surface area contributed by atoms with E-state index < -0.39 is 14.0 Å². The Balaban J connectivity index is 2.82. The lowest BCUT2D eigenvalue weighted by atomic mass is 10.0. The van der Waals surface area contributed by atoms with Crippen molar-refractivity contribution in [2.75, 3.05) is 0 Å². The molecular formula is C10H9Br3O2. The first-order valence-corrected chi connectivity index (χ1v) is 6.62. The molecule has 15 heavy (non-hydrogen) atoms. The van der Waals surface area contributed by atoms with Crippen molar-refractivity contribution in [3.05, 3.63) is 35.9 Å². The average molecular weight is 401 g/mol. The average Bonchev–Trinajstić information content (AvgIpc) is 2.13. The van der Waals surface area contributed by atoms with Gasteiger partial charge in [0.1, 0.15) is 2.14 Å². The van der Waals surface area contributed by atoms with Gasteiger partial charge in [-0.25, -0.2) is 0 Å². The van der Waals surface area contributed by atoms with Crippen LogP contribution in [0.25, 0.3) is 0 Å². The first-order chi connectivity index (χ1) is 6.91. The Morgan fingerprint density at radius 2 is 1.80 bits per heavy atom. The zero-order valence-corrected chi connectivity index (χ0v) is 12.4. The van der Waals surface area contributed by atoms with Gasteiger partial charge in [0.15, 0.2) is 0 Å². The predicted octanol–water partition coefficient (Wildman–Crippen LogP) is 3.77. The molecule has 0 fully saturated rings. The second-order valence-electron chi connectivity index (χ2n) is 3.12. The molecule has 1 unspecified atom stereocenters. The molecule has 1 N–H and O–H groups in total. The van der Waals surface area contributed by atoms with Gasteiger partial charge in [0.05, 0.1) is 5.92 Å². The van der Waals surface area contributed by atoms with Crippen LogP contribution in [-0.2, 0) is 11.2 Å². The number of rotatable bonds is 3. The van der Waals surface area contributed by atoms with E-state index in [2.05, 4.69) is 47.8 Å². The number of carbonyl (C=O) groups is 1. The van der Waals surface area contributed by atoms with Crippen molar-refractivity contribution in [1.29, 1.82) is 0 Å². The van der Waals surface area contributed by atoms with Gasteiger partial charge in [0.25, 0.3) is 0 Å². The van der Waals surface area contributed by atoms with Crippen LogP contribution >= 0.6 is 47.8 Å². The molecule has 0 spiro atoms. The molecular weight excluding hydrogens is 392 g/mol. The minimum Gasteiger partial charge on any atom is -0.481 e. The van der Waals surface area contributed by atoms with E-state index in [-0.39, 0.29) is 0 Å². The quantitative estimate of drug-likeness (QED) is 0.784. The van der Waals surface area contributed by atoms with Gasteiger partial charge < -0.3 is 5.11 Å². The predicted molar refractivity (Wildman–Crippen MR) is 70.8 cm³/mol. The van der Waals surface area contributed by atoms with E-state index in [0.29, 0.717) is 6.42 Å². The lowest BCUT2D eigenvalue weighted by Gasteiger charge is -2.21. The lowest BCUT2D eigenvalue weighted by molar-refractivity contribution is -0.141. The number of benzene rings is 1. The fourth-order valence-electron chi connectivity index (χ4n) is 1.19. The highest BCUT2D eigenvalue weighted by Gasteiger charge is 2.36. The van der Waals surface area contributed by atoms with Crippen LogP contribution in [0.1, 0.15) is 5.56 Å². The highest BCUT2D eigenvalue weighted by molar-refractivity contribution is 9.39. The van der Waals surface area contributed by atoms with Crippen LogP contribution in [-0.4, -0.2) is 13.2 Å². The third-order valence-electron chi connectivity index (χ3n) is 1.98. The smallest absolute Gasteiger partial charge is 0.310 e. The molecule has 0 aliphatic rings. The molecule has 0 saturated heterocycles. The lowest BCUT2D eigenvalue weighted by Crippen LogP contribution is -2.28. The van der Waals surface area contributed by atoms with Crippen LogP contribution in [0.15, 0.2) is 30.3 Å². The fraction of sp³-hybridized carbons (Fsp3) is 0.300. The second-order valence-corrected chi connectivity index (χ2v) is 10.1. The maximum atomic E-state index is 11.1. The van der Waals surface area contributed by atoms with E-state index in [0.717, 1.165) is 5.56 Å². The van der Waals surface area contributed by atoms with Gasteiger partial charge in [-0.3, -0.25) is 4.79 Å². The minimum atomic E-state index is -0.857. The Bertz CT molecular complexity index is 332. The molecule has 0 amide bonds. The summed E-state index contributed by atoms with van der Waals surface area (Å²) in [5.74, 6) is -1.44. The van der Waals surface area contributed by atoms with Crippen molar-refractivity contribution in [1.82, 2.24) is 0 Å². The number of aliphatic carboxylic acids is 1. The molecule has 2 nitrogen and oxygen atoms in total. The number of carboxylic acids is 1. The first kappa shape index (κ1) is 13.2.